The van der Waals surface area contributed by atoms with E-state index in [9.17, 15) is 0 Å². The monoisotopic (exact) mass is 267 g/mol. The van der Waals surface area contributed by atoms with E-state index in [1.54, 1.807) is 0 Å². The number of fused-ring (bicyclic) bond motifs is 1. The number of ether oxygens (including phenoxy) is 1. The van der Waals surface area contributed by atoms with Crippen LogP contribution in [0.5, 0.6) is 5.75 Å². The fraction of sp³-hybridized carbons (Fsp3) is 0.333. The van der Waals surface area contributed by atoms with Crippen LogP contribution >= 0.6 is 0 Å². The third-order valence-corrected chi connectivity index (χ3v) is 3.93. The van der Waals surface area contributed by atoms with Gasteiger partial charge in [-0.3, -0.25) is 0 Å². The van der Waals surface area contributed by atoms with Crippen LogP contribution < -0.4 is 10.5 Å². The predicted molar refractivity (Wildman–Crippen MR) is 81.9 cm³/mol. The highest BCUT2D eigenvalue weighted by Gasteiger charge is 2.19. The van der Waals surface area contributed by atoms with Gasteiger partial charge >= 0.3 is 0 Å². The van der Waals surface area contributed by atoms with Gasteiger partial charge in [-0.2, -0.15) is 0 Å². The normalized spacial score (nSPS) is 17.1. The van der Waals surface area contributed by atoms with Crippen LogP contribution in [0.4, 0.5) is 0 Å². The number of hydrogen-bond donors (Lipinski definition) is 1. The molecule has 2 nitrogen and oxygen atoms in total. The highest BCUT2D eigenvalue weighted by atomic mass is 16.5. The molecular formula is C18H21NO. The van der Waals surface area contributed by atoms with Gasteiger partial charge in [0.2, 0.25) is 0 Å². The fourth-order valence-corrected chi connectivity index (χ4v) is 3.04. The molecule has 0 aliphatic heterocycles. The van der Waals surface area contributed by atoms with E-state index in [1.165, 1.54) is 27.8 Å². The van der Waals surface area contributed by atoms with E-state index in [0.29, 0.717) is 6.61 Å². The second-order valence-electron chi connectivity index (χ2n) is 5.79. The van der Waals surface area contributed by atoms with Crippen LogP contribution in [0.25, 0.3) is 0 Å². The molecule has 0 unspecified atom stereocenters. The van der Waals surface area contributed by atoms with Crippen molar-refractivity contribution in [2.45, 2.75) is 39.3 Å². The Hall–Kier alpha value is -1.80. The van der Waals surface area contributed by atoms with Crippen molar-refractivity contribution < 1.29 is 4.74 Å². The first-order valence-electron chi connectivity index (χ1n) is 7.20. The Morgan fingerprint density at radius 3 is 2.60 bits per heavy atom. The standard InChI is InChI=1S/C18H21NO/c1-12-7-13(2)9-14(8-12)11-20-16-4-5-17-15(10-16)3-6-18(17)19/h4-5,7-10,18H,3,6,11,19H2,1-2H3/t18-/m0/s1. The Morgan fingerprint density at radius 2 is 1.85 bits per heavy atom. The lowest BCUT2D eigenvalue weighted by molar-refractivity contribution is 0.306. The number of benzene rings is 2. The fourth-order valence-electron chi connectivity index (χ4n) is 3.04. The molecule has 3 rings (SSSR count). The van der Waals surface area contributed by atoms with Crippen LogP contribution in [-0.2, 0) is 13.0 Å². The van der Waals surface area contributed by atoms with Crippen molar-refractivity contribution in [2.75, 3.05) is 0 Å². The highest BCUT2D eigenvalue weighted by molar-refractivity contribution is 5.40. The summed E-state index contributed by atoms with van der Waals surface area (Å²) in [7, 11) is 0. The Labute approximate surface area is 120 Å². The van der Waals surface area contributed by atoms with Gasteiger partial charge in [0.25, 0.3) is 0 Å². The molecule has 20 heavy (non-hydrogen) atoms. The molecule has 1 aliphatic carbocycles. The van der Waals surface area contributed by atoms with E-state index >= 15 is 0 Å². The topological polar surface area (TPSA) is 35.2 Å². The molecule has 0 saturated carbocycles. The molecule has 2 aromatic rings. The number of aryl methyl sites for hydroxylation is 3. The van der Waals surface area contributed by atoms with Crippen LogP contribution in [0.2, 0.25) is 0 Å². The Morgan fingerprint density at radius 1 is 1.10 bits per heavy atom. The quantitative estimate of drug-likeness (QED) is 0.917. The molecule has 0 radical (unpaired) electrons. The molecule has 0 spiro atoms. The van der Waals surface area contributed by atoms with Crippen LogP contribution in [0.1, 0.15) is 40.3 Å². The van der Waals surface area contributed by atoms with Crippen molar-refractivity contribution in [1.29, 1.82) is 0 Å². The first-order chi connectivity index (χ1) is 9.61. The third-order valence-electron chi connectivity index (χ3n) is 3.93. The lowest BCUT2D eigenvalue weighted by Crippen LogP contribution is -2.05. The second kappa shape index (κ2) is 5.29. The van der Waals surface area contributed by atoms with E-state index < -0.39 is 0 Å². The summed E-state index contributed by atoms with van der Waals surface area (Å²) in [5, 5.41) is 0. The minimum Gasteiger partial charge on any atom is -0.489 e. The molecule has 0 amide bonds. The summed E-state index contributed by atoms with van der Waals surface area (Å²) >= 11 is 0. The summed E-state index contributed by atoms with van der Waals surface area (Å²) in [5.74, 6) is 0.942. The molecule has 1 aliphatic rings. The second-order valence-corrected chi connectivity index (χ2v) is 5.79. The maximum Gasteiger partial charge on any atom is 0.120 e. The number of nitrogens with two attached hydrogens (primary N) is 1. The molecule has 0 fully saturated rings. The molecule has 2 heteroatoms. The van der Waals surface area contributed by atoms with Crippen LogP contribution in [-0.4, -0.2) is 0 Å². The Balaban J connectivity index is 1.72. The van der Waals surface area contributed by atoms with Gasteiger partial charge in [-0.05, 0) is 55.5 Å². The number of hydrogen-bond acceptors (Lipinski definition) is 2. The maximum atomic E-state index is 6.05. The summed E-state index contributed by atoms with van der Waals surface area (Å²) in [5.41, 5.74) is 12.5. The lowest BCUT2D eigenvalue weighted by Gasteiger charge is -2.10. The van der Waals surface area contributed by atoms with Gasteiger partial charge in [0.05, 0.1) is 0 Å². The van der Waals surface area contributed by atoms with Crippen molar-refractivity contribution in [1.82, 2.24) is 0 Å². The summed E-state index contributed by atoms with van der Waals surface area (Å²) in [4.78, 5) is 0. The smallest absolute Gasteiger partial charge is 0.120 e. The van der Waals surface area contributed by atoms with E-state index in [2.05, 4.69) is 44.2 Å². The van der Waals surface area contributed by atoms with Gasteiger partial charge in [0.1, 0.15) is 12.4 Å². The first kappa shape index (κ1) is 13.2. The first-order valence-corrected chi connectivity index (χ1v) is 7.20. The van der Waals surface area contributed by atoms with Crippen LogP contribution in [0.3, 0.4) is 0 Å². The van der Waals surface area contributed by atoms with E-state index in [-0.39, 0.29) is 6.04 Å². The van der Waals surface area contributed by atoms with Crippen molar-refractivity contribution in [3.8, 4) is 5.75 Å². The zero-order chi connectivity index (χ0) is 14.1. The van der Waals surface area contributed by atoms with E-state index in [1.807, 2.05) is 6.07 Å². The Bertz CT molecular complexity index is 613. The average molecular weight is 267 g/mol. The Kier molecular flexibility index (Phi) is 3.49. The predicted octanol–water partition coefficient (Wildman–Crippen LogP) is 3.83. The summed E-state index contributed by atoms with van der Waals surface area (Å²) < 4.78 is 5.92. The SMILES string of the molecule is Cc1cc(C)cc(COc2ccc3c(c2)CC[C@@H]3N)c1. The van der Waals surface area contributed by atoms with Crippen molar-refractivity contribution in [3.05, 3.63) is 64.2 Å². The van der Waals surface area contributed by atoms with E-state index in [0.717, 1.165) is 18.6 Å². The van der Waals surface area contributed by atoms with Gasteiger partial charge in [-0.25, -0.2) is 0 Å². The molecule has 2 N–H and O–H groups in total. The van der Waals surface area contributed by atoms with E-state index in [4.69, 9.17) is 10.5 Å². The summed E-state index contributed by atoms with van der Waals surface area (Å²) in [6.07, 6.45) is 2.12. The minimum atomic E-state index is 0.207. The van der Waals surface area contributed by atoms with Gasteiger partial charge in [0, 0.05) is 6.04 Å². The molecule has 0 bridgehead atoms. The summed E-state index contributed by atoms with van der Waals surface area (Å²) in [6.45, 7) is 4.86. The van der Waals surface area contributed by atoms with Crippen molar-refractivity contribution in [2.24, 2.45) is 5.73 Å². The summed E-state index contributed by atoms with van der Waals surface area (Å²) in [6, 6.07) is 13.0. The molecule has 1 atom stereocenters. The van der Waals surface area contributed by atoms with Gasteiger partial charge in [-0.15, -0.1) is 0 Å². The molecular weight excluding hydrogens is 246 g/mol. The van der Waals surface area contributed by atoms with Crippen LogP contribution in [0, 0.1) is 13.8 Å². The zero-order valence-corrected chi connectivity index (χ0v) is 12.1. The third kappa shape index (κ3) is 2.70. The van der Waals surface area contributed by atoms with Crippen LogP contribution in [0.15, 0.2) is 36.4 Å². The molecule has 0 aromatic heterocycles. The lowest BCUT2D eigenvalue weighted by atomic mass is 10.1. The zero-order valence-electron chi connectivity index (χ0n) is 12.1. The van der Waals surface area contributed by atoms with Gasteiger partial charge < -0.3 is 10.5 Å². The van der Waals surface area contributed by atoms with Gasteiger partial charge in [0.15, 0.2) is 0 Å². The highest BCUT2D eigenvalue weighted by Crippen LogP contribution is 2.32. The molecule has 0 saturated heterocycles. The van der Waals surface area contributed by atoms with Crippen molar-refractivity contribution >= 4 is 0 Å². The molecule has 0 heterocycles. The average Bonchev–Trinajstić information content (AvgIpc) is 2.77. The molecule has 104 valence electrons. The number of rotatable bonds is 3. The van der Waals surface area contributed by atoms with Crippen molar-refractivity contribution in [3.63, 3.8) is 0 Å². The van der Waals surface area contributed by atoms with Gasteiger partial charge in [-0.1, -0.05) is 35.4 Å². The largest absolute Gasteiger partial charge is 0.489 e. The maximum absolute atomic E-state index is 6.05. The molecule has 2 aromatic carbocycles. The minimum absolute atomic E-state index is 0.207.